The molecule has 170 valence electrons. The standard InChI is InChI=1S/C21H29ClN4O5/c1-21(2,3)31-20(29)25-17(11-30-19(28)24-14-7-8-14)13-6-9-16(22)15(10-13)18(27)23-12-26(4)5/h6,9-10,12,14,17H,7-8,11H2,1-5H3,(H,24,28)(H,25,29)/b23-12+/t17-/m1/s1. The number of hydrogen-bond acceptors (Lipinski definition) is 5. The lowest BCUT2D eigenvalue weighted by Gasteiger charge is -2.24. The molecule has 2 rings (SSSR count). The second-order valence-electron chi connectivity index (χ2n) is 8.47. The van der Waals surface area contributed by atoms with Crippen LogP contribution in [0.2, 0.25) is 5.02 Å². The summed E-state index contributed by atoms with van der Waals surface area (Å²) in [6.45, 7) is 5.06. The van der Waals surface area contributed by atoms with E-state index in [4.69, 9.17) is 21.1 Å². The fraction of sp³-hybridized carbons (Fsp3) is 0.524. The first-order chi connectivity index (χ1) is 14.4. The molecule has 0 bridgehead atoms. The zero-order valence-corrected chi connectivity index (χ0v) is 19.2. The smallest absolute Gasteiger partial charge is 0.408 e. The summed E-state index contributed by atoms with van der Waals surface area (Å²) in [7, 11) is 3.47. The third kappa shape index (κ3) is 8.84. The Hall–Kier alpha value is -2.81. The van der Waals surface area contributed by atoms with Crippen LogP contribution in [0.4, 0.5) is 9.59 Å². The fourth-order valence-electron chi connectivity index (χ4n) is 2.43. The Bertz CT molecular complexity index is 847. The lowest BCUT2D eigenvalue weighted by atomic mass is 10.0. The minimum absolute atomic E-state index is 0.138. The number of carbonyl (C=O) groups is 3. The summed E-state index contributed by atoms with van der Waals surface area (Å²) < 4.78 is 10.6. The van der Waals surface area contributed by atoms with Crippen molar-refractivity contribution in [3.05, 3.63) is 34.3 Å². The van der Waals surface area contributed by atoms with Gasteiger partial charge in [0, 0.05) is 20.1 Å². The molecule has 0 unspecified atom stereocenters. The molecule has 3 amide bonds. The molecule has 1 saturated carbocycles. The molecule has 1 fully saturated rings. The largest absolute Gasteiger partial charge is 0.447 e. The van der Waals surface area contributed by atoms with Crippen LogP contribution in [0.15, 0.2) is 23.2 Å². The normalized spacial score (nSPS) is 14.6. The molecule has 1 aromatic rings. The summed E-state index contributed by atoms with van der Waals surface area (Å²) in [5.74, 6) is -0.538. The van der Waals surface area contributed by atoms with E-state index in [1.54, 1.807) is 45.8 Å². The average molecular weight is 453 g/mol. The molecule has 2 N–H and O–H groups in total. The molecule has 0 aromatic heterocycles. The number of amides is 3. The molecular formula is C21H29ClN4O5. The van der Waals surface area contributed by atoms with Crippen LogP contribution < -0.4 is 10.6 Å². The topological polar surface area (TPSA) is 109 Å². The highest BCUT2D eigenvalue weighted by Gasteiger charge is 2.26. The van der Waals surface area contributed by atoms with Gasteiger partial charge in [-0.05, 0) is 51.3 Å². The summed E-state index contributed by atoms with van der Waals surface area (Å²) in [6, 6.07) is 4.06. The van der Waals surface area contributed by atoms with Crippen molar-refractivity contribution in [1.82, 2.24) is 15.5 Å². The van der Waals surface area contributed by atoms with Gasteiger partial charge in [0.05, 0.1) is 23.0 Å². The van der Waals surface area contributed by atoms with E-state index in [0.717, 1.165) is 12.8 Å². The molecule has 1 atom stereocenters. The van der Waals surface area contributed by atoms with Gasteiger partial charge in [0.2, 0.25) is 0 Å². The van der Waals surface area contributed by atoms with Crippen molar-refractivity contribution in [3.63, 3.8) is 0 Å². The van der Waals surface area contributed by atoms with Crippen molar-refractivity contribution in [2.24, 2.45) is 4.99 Å². The molecule has 0 heterocycles. The van der Waals surface area contributed by atoms with Crippen LogP contribution in [0.25, 0.3) is 0 Å². The number of benzene rings is 1. The van der Waals surface area contributed by atoms with E-state index in [1.807, 2.05) is 0 Å². The van der Waals surface area contributed by atoms with Crippen molar-refractivity contribution in [1.29, 1.82) is 0 Å². The molecule has 31 heavy (non-hydrogen) atoms. The number of alkyl carbamates (subject to hydrolysis) is 2. The van der Waals surface area contributed by atoms with Gasteiger partial charge in [-0.1, -0.05) is 17.7 Å². The summed E-state index contributed by atoms with van der Waals surface area (Å²) in [4.78, 5) is 42.2. The van der Waals surface area contributed by atoms with Crippen molar-refractivity contribution in [2.75, 3.05) is 20.7 Å². The van der Waals surface area contributed by atoms with Gasteiger partial charge in [0.1, 0.15) is 12.2 Å². The van der Waals surface area contributed by atoms with Crippen LogP contribution in [-0.2, 0) is 9.47 Å². The Morgan fingerprint density at radius 2 is 1.94 bits per heavy atom. The molecule has 1 aliphatic carbocycles. The maximum absolute atomic E-state index is 12.4. The van der Waals surface area contributed by atoms with Gasteiger partial charge < -0.3 is 25.0 Å². The van der Waals surface area contributed by atoms with Gasteiger partial charge in [0.25, 0.3) is 5.91 Å². The van der Waals surface area contributed by atoms with Crippen LogP contribution in [0.1, 0.15) is 55.6 Å². The molecule has 0 aliphatic heterocycles. The summed E-state index contributed by atoms with van der Waals surface area (Å²) in [5, 5.41) is 5.61. The maximum atomic E-state index is 12.4. The molecule has 9 nitrogen and oxygen atoms in total. The molecule has 0 radical (unpaired) electrons. The number of ether oxygens (including phenoxy) is 2. The lowest BCUT2D eigenvalue weighted by Crippen LogP contribution is -2.38. The quantitative estimate of drug-likeness (QED) is 0.484. The highest BCUT2D eigenvalue weighted by atomic mass is 35.5. The molecule has 0 spiro atoms. The first kappa shape index (κ1) is 24.5. The van der Waals surface area contributed by atoms with Gasteiger partial charge in [0.15, 0.2) is 0 Å². The van der Waals surface area contributed by atoms with E-state index in [9.17, 15) is 14.4 Å². The average Bonchev–Trinajstić information content (AvgIpc) is 3.46. The minimum atomic E-state index is -0.763. The van der Waals surface area contributed by atoms with Gasteiger partial charge in [-0.3, -0.25) is 4.79 Å². The molecule has 1 aromatic carbocycles. The van der Waals surface area contributed by atoms with Crippen molar-refractivity contribution in [2.45, 2.75) is 51.3 Å². The maximum Gasteiger partial charge on any atom is 0.408 e. The Balaban J connectivity index is 2.21. The van der Waals surface area contributed by atoms with E-state index in [-0.39, 0.29) is 23.2 Å². The number of carbonyl (C=O) groups excluding carboxylic acids is 3. The van der Waals surface area contributed by atoms with Crippen LogP contribution in [0.3, 0.4) is 0 Å². The third-order valence-electron chi connectivity index (χ3n) is 4.00. The van der Waals surface area contributed by atoms with Crippen molar-refractivity contribution in [3.8, 4) is 0 Å². The van der Waals surface area contributed by atoms with E-state index in [0.29, 0.717) is 5.56 Å². The monoisotopic (exact) mass is 452 g/mol. The Morgan fingerprint density at radius 3 is 2.52 bits per heavy atom. The van der Waals surface area contributed by atoms with Crippen LogP contribution in [0, 0.1) is 0 Å². The van der Waals surface area contributed by atoms with Crippen molar-refractivity contribution >= 4 is 36.0 Å². The summed E-state index contributed by atoms with van der Waals surface area (Å²) >= 11 is 6.18. The summed E-state index contributed by atoms with van der Waals surface area (Å²) in [5.41, 5.74) is -0.0329. The highest BCUT2D eigenvalue weighted by molar-refractivity contribution is 6.34. The van der Waals surface area contributed by atoms with E-state index >= 15 is 0 Å². The van der Waals surface area contributed by atoms with Crippen molar-refractivity contribution < 1.29 is 23.9 Å². The Morgan fingerprint density at radius 1 is 1.26 bits per heavy atom. The highest BCUT2D eigenvalue weighted by Crippen LogP contribution is 2.24. The van der Waals surface area contributed by atoms with Crippen LogP contribution >= 0.6 is 11.6 Å². The number of rotatable bonds is 7. The van der Waals surface area contributed by atoms with E-state index in [1.165, 1.54) is 18.5 Å². The zero-order chi connectivity index (χ0) is 23.2. The van der Waals surface area contributed by atoms with Crippen LogP contribution in [-0.4, -0.2) is 61.7 Å². The third-order valence-corrected chi connectivity index (χ3v) is 4.33. The first-order valence-corrected chi connectivity index (χ1v) is 10.3. The van der Waals surface area contributed by atoms with Gasteiger partial charge >= 0.3 is 12.2 Å². The number of hydrogen-bond donors (Lipinski definition) is 2. The molecular weight excluding hydrogens is 424 g/mol. The van der Waals surface area contributed by atoms with E-state index in [2.05, 4.69) is 15.6 Å². The zero-order valence-electron chi connectivity index (χ0n) is 18.4. The van der Waals surface area contributed by atoms with Crippen LogP contribution in [0.5, 0.6) is 0 Å². The molecule has 1 aliphatic rings. The predicted octanol–water partition coefficient (Wildman–Crippen LogP) is 3.52. The lowest BCUT2D eigenvalue weighted by molar-refractivity contribution is 0.0470. The Labute approximate surface area is 187 Å². The Kier molecular flexibility index (Phi) is 8.27. The van der Waals surface area contributed by atoms with Gasteiger partial charge in [-0.2, -0.15) is 4.99 Å². The van der Waals surface area contributed by atoms with Gasteiger partial charge in [-0.25, -0.2) is 9.59 Å². The second-order valence-corrected chi connectivity index (χ2v) is 8.88. The SMILES string of the molecule is CN(C)/C=N/C(=O)c1cc([C@@H](COC(=O)NC2CC2)NC(=O)OC(C)(C)C)ccc1Cl. The minimum Gasteiger partial charge on any atom is -0.447 e. The summed E-state index contributed by atoms with van der Waals surface area (Å²) in [6.07, 6.45) is 1.96. The van der Waals surface area contributed by atoms with Gasteiger partial charge in [-0.15, -0.1) is 0 Å². The second kappa shape index (κ2) is 10.5. The molecule has 10 heteroatoms. The van der Waals surface area contributed by atoms with E-state index < -0.39 is 29.7 Å². The number of nitrogens with zero attached hydrogens (tertiary/aromatic N) is 2. The number of halogens is 1. The number of aliphatic imine (C=N–C) groups is 1. The first-order valence-electron chi connectivity index (χ1n) is 9.92. The predicted molar refractivity (Wildman–Crippen MR) is 118 cm³/mol. The molecule has 0 saturated heterocycles. The fourth-order valence-corrected chi connectivity index (χ4v) is 2.63. The number of nitrogens with one attached hydrogen (secondary N) is 2.